The summed E-state index contributed by atoms with van der Waals surface area (Å²) in [6.45, 7) is 8.59. The van der Waals surface area contributed by atoms with Crippen LogP contribution in [0.2, 0.25) is 5.02 Å². The molecule has 30 heavy (non-hydrogen) atoms. The van der Waals surface area contributed by atoms with Gasteiger partial charge in [0.2, 0.25) is 0 Å². The highest BCUT2D eigenvalue weighted by atomic mass is 35.5. The van der Waals surface area contributed by atoms with Crippen molar-refractivity contribution < 1.29 is 19.4 Å². The maximum atomic E-state index is 12.6. The molecule has 0 bridgehead atoms. The Balaban J connectivity index is 0.000000735. The first kappa shape index (κ1) is 24.7. The third-order valence-corrected chi connectivity index (χ3v) is 6.54. The zero-order chi connectivity index (χ0) is 22.1. The molecular formula is C24H36ClNO4. The van der Waals surface area contributed by atoms with Crippen molar-refractivity contribution in [3.63, 3.8) is 0 Å². The fourth-order valence-electron chi connectivity index (χ4n) is 4.54. The Hall–Kier alpha value is -1.59. The van der Waals surface area contributed by atoms with Crippen LogP contribution in [0.15, 0.2) is 12.1 Å². The summed E-state index contributed by atoms with van der Waals surface area (Å²) in [5.74, 6) is -0.460. The minimum Gasteiger partial charge on any atom is -0.481 e. The van der Waals surface area contributed by atoms with Crippen LogP contribution in [0, 0.1) is 0 Å². The lowest BCUT2D eigenvalue weighted by molar-refractivity contribution is -0.145. The summed E-state index contributed by atoms with van der Waals surface area (Å²) in [6.07, 6.45) is 8.26. The maximum Gasteiger partial charge on any atom is 0.313 e. The third kappa shape index (κ3) is 6.98. The lowest BCUT2D eigenvalue weighted by Crippen LogP contribution is -2.28. The van der Waals surface area contributed by atoms with Crippen molar-refractivity contribution in [2.24, 2.45) is 0 Å². The molecule has 1 aromatic carbocycles. The quantitative estimate of drug-likeness (QED) is 0.579. The molecule has 3 rings (SSSR count). The number of benzene rings is 1. The largest absolute Gasteiger partial charge is 0.481 e. The standard InChI is InChI=1S/C22H32ClNO2.C2H4O2/c1-3-24(4-2)12-13-26-22(25)18-11-10-17-14-20(21(23)15-19(17)18)16-8-6-5-7-9-16;1-2(3)4/h14-16,18H,3-13H2,1-2H3;1H3,(H,3,4). The van der Waals surface area contributed by atoms with Crippen molar-refractivity contribution >= 4 is 23.5 Å². The molecule has 2 aliphatic carbocycles. The van der Waals surface area contributed by atoms with Gasteiger partial charge in [-0.1, -0.05) is 50.8 Å². The van der Waals surface area contributed by atoms with Crippen molar-refractivity contribution in [3.8, 4) is 0 Å². The number of halogens is 1. The molecule has 6 heteroatoms. The summed E-state index contributed by atoms with van der Waals surface area (Å²) >= 11 is 6.64. The molecule has 1 unspecified atom stereocenters. The molecule has 5 nitrogen and oxygen atoms in total. The van der Waals surface area contributed by atoms with Gasteiger partial charge in [0, 0.05) is 18.5 Å². The van der Waals surface area contributed by atoms with Gasteiger partial charge in [0.25, 0.3) is 5.97 Å². The van der Waals surface area contributed by atoms with E-state index in [9.17, 15) is 4.79 Å². The average molecular weight is 438 g/mol. The van der Waals surface area contributed by atoms with Crippen molar-refractivity contribution in [2.45, 2.75) is 77.6 Å². The van der Waals surface area contributed by atoms with Gasteiger partial charge in [-0.15, -0.1) is 0 Å². The van der Waals surface area contributed by atoms with Crippen molar-refractivity contribution in [2.75, 3.05) is 26.2 Å². The van der Waals surface area contributed by atoms with Gasteiger partial charge in [-0.3, -0.25) is 9.59 Å². The molecule has 0 radical (unpaired) electrons. The highest BCUT2D eigenvalue weighted by molar-refractivity contribution is 6.31. The molecule has 1 fully saturated rings. The molecule has 0 amide bonds. The van der Waals surface area contributed by atoms with Gasteiger partial charge in [0.15, 0.2) is 0 Å². The molecule has 1 saturated carbocycles. The summed E-state index contributed by atoms with van der Waals surface area (Å²) in [4.78, 5) is 23.8. The molecule has 1 aromatic rings. The van der Waals surface area contributed by atoms with Crippen molar-refractivity contribution in [1.29, 1.82) is 0 Å². The Morgan fingerprint density at radius 2 is 1.73 bits per heavy atom. The number of likely N-dealkylation sites (N-methyl/N-ethyl adjacent to an activating group) is 1. The van der Waals surface area contributed by atoms with Crippen LogP contribution >= 0.6 is 11.6 Å². The number of nitrogens with zero attached hydrogens (tertiary/aromatic N) is 1. The maximum absolute atomic E-state index is 12.6. The van der Waals surface area contributed by atoms with Crippen LogP contribution < -0.4 is 0 Å². The first-order valence-corrected chi connectivity index (χ1v) is 11.7. The van der Waals surface area contributed by atoms with E-state index in [0.29, 0.717) is 12.5 Å². The summed E-state index contributed by atoms with van der Waals surface area (Å²) in [5, 5.41) is 8.26. The summed E-state index contributed by atoms with van der Waals surface area (Å²) < 4.78 is 5.58. The Labute approximate surface area is 185 Å². The monoisotopic (exact) mass is 437 g/mol. The van der Waals surface area contributed by atoms with Crippen LogP contribution in [0.4, 0.5) is 0 Å². The molecule has 0 heterocycles. The van der Waals surface area contributed by atoms with Gasteiger partial charge in [0.05, 0.1) is 5.92 Å². The molecule has 0 saturated heterocycles. The number of aliphatic carboxylic acids is 1. The highest BCUT2D eigenvalue weighted by Gasteiger charge is 2.32. The van der Waals surface area contributed by atoms with Crippen LogP contribution in [0.5, 0.6) is 0 Å². The van der Waals surface area contributed by atoms with E-state index in [4.69, 9.17) is 26.2 Å². The smallest absolute Gasteiger partial charge is 0.313 e. The van der Waals surface area contributed by atoms with Gasteiger partial charge in [-0.05, 0) is 67.4 Å². The number of hydrogen-bond acceptors (Lipinski definition) is 4. The normalized spacial score (nSPS) is 18.5. The third-order valence-electron chi connectivity index (χ3n) is 6.21. The highest BCUT2D eigenvalue weighted by Crippen LogP contribution is 2.42. The van der Waals surface area contributed by atoms with Gasteiger partial charge >= 0.3 is 5.97 Å². The molecule has 0 aromatic heterocycles. The second kappa shape index (κ2) is 12.3. The Kier molecular flexibility index (Phi) is 10.1. The fourth-order valence-corrected chi connectivity index (χ4v) is 4.86. The summed E-state index contributed by atoms with van der Waals surface area (Å²) in [6, 6.07) is 4.35. The van der Waals surface area contributed by atoms with E-state index < -0.39 is 5.97 Å². The minimum absolute atomic E-state index is 0.0858. The van der Waals surface area contributed by atoms with E-state index in [1.165, 1.54) is 43.2 Å². The molecule has 1 N–H and O–H groups in total. The number of carboxylic acid groups (broad SMARTS) is 1. The number of hydrogen-bond donors (Lipinski definition) is 1. The molecule has 168 valence electrons. The zero-order valence-corrected chi connectivity index (χ0v) is 19.3. The number of rotatable bonds is 7. The van der Waals surface area contributed by atoms with E-state index in [0.717, 1.165) is 50.0 Å². The summed E-state index contributed by atoms with van der Waals surface area (Å²) in [7, 11) is 0. The zero-order valence-electron chi connectivity index (χ0n) is 18.6. The predicted molar refractivity (Wildman–Crippen MR) is 120 cm³/mol. The van der Waals surface area contributed by atoms with E-state index in [1.54, 1.807) is 0 Å². The van der Waals surface area contributed by atoms with E-state index in [2.05, 4.69) is 30.9 Å². The van der Waals surface area contributed by atoms with Crippen LogP contribution in [-0.2, 0) is 20.7 Å². The topological polar surface area (TPSA) is 66.8 Å². The van der Waals surface area contributed by atoms with Gasteiger partial charge in [0.1, 0.15) is 6.61 Å². The lowest BCUT2D eigenvalue weighted by atomic mass is 9.83. The fraction of sp³-hybridized carbons (Fsp3) is 0.667. The number of aryl methyl sites for hydroxylation is 1. The second-order valence-electron chi connectivity index (χ2n) is 8.21. The first-order valence-electron chi connectivity index (χ1n) is 11.3. The van der Waals surface area contributed by atoms with E-state index in [-0.39, 0.29) is 11.9 Å². The second-order valence-corrected chi connectivity index (χ2v) is 8.62. The molecule has 2 aliphatic rings. The van der Waals surface area contributed by atoms with Crippen molar-refractivity contribution in [1.82, 2.24) is 4.90 Å². The van der Waals surface area contributed by atoms with Crippen molar-refractivity contribution in [3.05, 3.63) is 33.8 Å². The van der Waals surface area contributed by atoms with Crippen LogP contribution in [0.1, 0.15) is 87.8 Å². The molecule has 1 atom stereocenters. The Bertz CT molecular complexity index is 707. The number of carbonyl (C=O) groups is 2. The number of fused-ring (bicyclic) bond motifs is 1. The van der Waals surface area contributed by atoms with Gasteiger partial charge in [-0.25, -0.2) is 0 Å². The van der Waals surface area contributed by atoms with E-state index in [1.807, 2.05) is 0 Å². The Morgan fingerprint density at radius 1 is 1.10 bits per heavy atom. The summed E-state index contributed by atoms with van der Waals surface area (Å²) in [5.41, 5.74) is 3.71. The minimum atomic E-state index is -0.833. The van der Waals surface area contributed by atoms with Gasteiger partial charge in [-0.2, -0.15) is 0 Å². The number of carboxylic acids is 1. The van der Waals surface area contributed by atoms with Gasteiger partial charge < -0.3 is 14.7 Å². The lowest BCUT2D eigenvalue weighted by Gasteiger charge is -2.24. The molecular weight excluding hydrogens is 402 g/mol. The van der Waals surface area contributed by atoms with Crippen LogP contribution in [-0.4, -0.2) is 48.2 Å². The van der Waals surface area contributed by atoms with E-state index >= 15 is 0 Å². The number of carbonyl (C=O) groups excluding carboxylic acids is 1. The Morgan fingerprint density at radius 3 is 2.33 bits per heavy atom. The predicted octanol–water partition coefficient (Wildman–Crippen LogP) is 5.39. The first-order chi connectivity index (χ1) is 14.4. The molecule has 0 spiro atoms. The van der Waals surface area contributed by atoms with Crippen LogP contribution in [0.3, 0.4) is 0 Å². The average Bonchev–Trinajstić information content (AvgIpc) is 3.13. The SMILES string of the molecule is CC(=O)O.CCN(CC)CCOC(=O)C1CCc2cc(C3CCCCC3)c(Cl)cc21. The molecule has 0 aliphatic heterocycles. The number of ether oxygens (including phenoxy) is 1. The number of esters is 1. The van der Waals surface area contributed by atoms with Crippen LogP contribution in [0.25, 0.3) is 0 Å².